The Morgan fingerprint density at radius 1 is 1.48 bits per heavy atom. The second-order valence-electron chi connectivity index (χ2n) is 5.58. The molecule has 4 nitrogen and oxygen atoms in total. The number of nitrogens with one attached hydrogen (secondary N) is 1. The third-order valence-electron chi connectivity index (χ3n) is 3.84. The first kappa shape index (κ1) is 15.6. The number of nitrogens with zero attached hydrogens (tertiary/aromatic N) is 1. The van der Waals surface area contributed by atoms with Gasteiger partial charge in [0.15, 0.2) is 0 Å². The maximum absolute atomic E-state index is 12.3. The second kappa shape index (κ2) is 7.26. The van der Waals surface area contributed by atoms with Gasteiger partial charge < -0.3 is 16.0 Å². The molecule has 0 aromatic heterocycles. The van der Waals surface area contributed by atoms with Crippen molar-refractivity contribution in [2.45, 2.75) is 25.8 Å². The van der Waals surface area contributed by atoms with E-state index in [1.165, 1.54) is 6.42 Å². The quantitative estimate of drug-likeness (QED) is 0.819. The summed E-state index contributed by atoms with van der Waals surface area (Å²) in [6, 6.07) is 6.13. The third-order valence-corrected chi connectivity index (χ3v) is 3.84. The molecule has 1 saturated heterocycles. The lowest BCUT2D eigenvalue weighted by atomic mass is 10.1. The van der Waals surface area contributed by atoms with Crippen LogP contribution in [0.1, 0.15) is 34.3 Å². The van der Waals surface area contributed by atoms with E-state index in [1.54, 1.807) is 0 Å². The lowest BCUT2D eigenvalue weighted by Crippen LogP contribution is -2.38. The molecule has 1 unspecified atom stereocenters. The predicted octanol–water partition coefficient (Wildman–Crippen LogP) is 1.13. The van der Waals surface area contributed by atoms with Crippen LogP contribution in [0.15, 0.2) is 18.2 Å². The molecule has 4 heteroatoms. The zero-order chi connectivity index (χ0) is 15.2. The van der Waals surface area contributed by atoms with Crippen LogP contribution >= 0.6 is 0 Å². The molecule has 21 heavy (non-hydrogen) atoms. The highest BCUT2D eigenvalue weighted by molar-refractivity contribution is 5.94. The Kier molecular flexibility index (Phi) is 5.38. The van der Waals surface area contributed by atoms with E-state index in [2.05, 4.69) is 29.1 Å². The molecule has 3 N–H and O–H groups in total. The number of nitrogens with two attached hydrogens (primary N) is 1. The average molecular weight is 285 g/mol. The van der Waals surface area contributed by atoms with Crippen LogP contribution in [0.5, 0.6) is 0 Å². The van der Waals surface area contributed by atoms with Crippen LogP contribution in [0.3, 0.4) is 0 Å². The molecule has 1 aliphatic rings. The van der Waals surface area contributed by atoms with Crippen molar-refractivity contribution >= 4 is 5.91 Å². The minimum Gasteiger partial charge on any atom is -0.350 e. The number of aryl methyl sites for hydroxylation is 1. The van der Waals surface area contributed by atoms with Crippen molar-refractivity contribution in [3.63, 3.8) is 0 Å². The smallest absolute Gasteiger partial charge is 0.251 e. The maximum atomic E-state index is 12.3. The molecule has 2 rings (SSSR count). The molecule has 1 fully saturated rings. The molecule has 0 saturated carbocycles. The van der Waals surface area contributed by atoms with Crippen LogP contribution in [-0.2, 0) is 0 Å². The summed E-state index contributed by atoms with van der Waals surface area (Å²) in [5.41, 5.74) is 7.92. The van der Waals surface area contributed by atoms with E-state index in [-0.39, 0.29) is 5.91 Å². The normalized spacial score (nSPS) is 18.1. The van der Waals surface area contributed by atoms with Crippen LogP contribution in [0.2, 0.25) is 0 Å². The van der Waals surface area contributed by atoms with E-state index in [1.807, 2.05) is 25.1 Å². The largest absolute Gasteiger partial charge is 0.350 e. The molecule has 1 heterocycles. The fourth-order valence-corrected chi connectivity index (χ4v) is 2.69. The van der Waals surface area contributed by atoms with E-state index in [4.69, 9.17) is 5.73 Å². The summed E-state index contributed by atoms with van der Waals surface area (Å²) < 4.78 is 0. The molecule has 112 valence electrons. The monoisotopic (exact) mass is 285 g/mol. The van der Waals surface area contributed by atoms with Gasteiger partial charge in [0.05, 0.1) is 6.54 Å². The van der Waals surface area contributed by atoms with Crippen LogP contribution in [-0.4, -0.2) is 43.5 Å². The molecular formula is C17H23N3O. The summed E-state index contributed by atoms with van der Waals surface area (Å²) in [4.78, 5) is 14.6. The van der Waals surface area contributed by atoms with Gasteiger partial charge >= 0.3 is 0 Å². The summed E-state index contributed by atoms with van der Waals surface area (Å²) in [5, 5.41) is 3.03. The Morgan fingerprint density at radius 2 is 2.29 bits per heavy atom. The molecule has 1 atom stereocenters. The van der Waals surface area contributed by atoms with Crippen LogP contribution in [0, 0.1) is 18.8 Å². The third kappa shape index (κ3) is 4.32. The van der Waals surface area contributed by atoms with Gasteiger partial charge in [-0.15, -0.1) is 0 Å². The zero-order valence-electron chi connectivity index (χ0n) is 12.8. The van der Waals surface area contributed by atoms with E-state index in [0.717, 1.165) is 24.1 Å². The summed E-state index contributed by atoms with van der Waals surface area (Å²) in [5.74, 6) is 5.77. The van der Waals surface area contributed by atoms with E-state index < -0.39 is 0 Å². The molecule has 0 aliphatic carbocycles. The van der Waals surface area contributed by atoms with Gasteiger partial charge in [0, 0.05) is 23.7 Å². The number of hydrogen-bond acceptors (Lipinski definition) is 3. The Balaban J connectivity index is 2.03. The predicted molar refractivity (Wildman–Crippen MR) is 85.1 cm³/mol. The lowest BCUT2D eigenvalue weighted by Gasteiger charge is -2.19. The van der Waals surface area contributed by atoms with Crippen molar-refractivity contribution in [2.75, 3.05) is 26.7 Å². The molecule has 0 spiro atoms. The average Bonchev–Trinajstić information content (AvgIpc) is 2.87. The summed E-state index contributed by atoms with van der Waals surface area (Å²) in [6.07, 6.45) is 2.36. The van der Waals surface area contributed by atoms with E-state index >= 15 is 0 Å². The van der Waals surface area contributed by atoms with Gasteiger partial charge in [0.1, 0.15) is 0 Å². The number of likely N-dealkylation sites (N-methyl/N-ethyl adjacent to an activating group) is 1. The molecule has 1 amide bonds. The molecule has 1 aromatic carbocycles. The Hall–Kier alpha value is -1.83. The first-order valence-corrected chi connectivity index (χ1v) is 7.39. The van der Waals surface area contributed by atoms with Crippen LogP contribution < -0.4 is 11.1 Å². The highest BCUT2D eigenvalue weighted by Crippen LogP contribution is 2.14. The van der Waals surface area contributed by atoms with Crippen molar-refractivity contribution in [3.8, 4) is 11.8 Å². The number of rotatable bonds is 3. The van der Waals surface area contributed by atoms with Crippen molar-refractivity contribution in [1.82, 2.24) is 10.2 Å². The lowest BCUT2D eigenvalue weighted by molar-refractivity contribution is 0.0943. The first-order valence-electron chi connectivity index (χ1n) is 7.39. The topological polar surface area (TPSA) is 58.4 Å². The van der Waals surface area contributed by atoms with Crippen molar-refractivity contribution in [1.29, 1.82) is 0 Å². The highest BCUT2D eigenvalue weighted by Gasteiger charge is 2.21. The number of amides is 1. The summed E-state index contributed by atoms with van der Waals surface area (Å²) >= 11 is 0. The standard InChI is InChI=1S/C17H23N3O/c1-13-9-14(5-3-7-18)11-15(10-13)17(21)19-12-16-6-4-8-20(16)2/h9-11,16H,4,6-8,12,18H2,1-2H3,(H,19,21). The van der Waals surface area contributed by atoms with Gasteiger partial charge in [-0.3, -0.25) is 4.79 Å². The van der Waals surface area contributed by atoms with Crippen molar-refractivity contribution in [3.05, 3.63) is 34.9 Å². The Bertz CT molecular complexity index is 571. The molecule has 1 aliphatic heterocycles. The summed E-state index contributed by atoms with van der Waals surface area (Å²) in [7, 11) is 2.11. The highest BCUT2D eigenvalue weighted by atomic mass is 16.1. The zero-order valence-corrected chi connectivity index (χ0v) is 12.8. The minimum absolute atomic E-state index is 0.0326. The number of benzene rings is 1. The fraction of sp³-hybridized carbons (Fsp3) is 0.471. The van der Waals surface area contributed by atoms with Crippen LogP contribution in [0.25, 0.3) is 0 Å². The second-order valence-corrected chi connectivity index (χ2v) is 5.58. The van der Waals surface area contributed by atoms with Crippen molar-refractivity contribution < 1.29 is 4.79 Å². The molecule has 1 aromatic rings. The van der Waals surface area contributed by atoms with Crippen LogP contribution in [0.4, 0.5) is 0 Å². The van der Waals surface area contributed by atoms with Gasteiger partial charge in [0.25, 0.3) is 5.91 Å². The fourth-order valence-electron chi connectivity index (χ4n) is 2.69. The van der Waals surface area contributed by atoms with Gasteiger partial charge in [-0.1, -0.05) is 11.8 Å². The van der Waals surface area contributed by atoms with Gasteiger partial charge in [-0.2, -0.15) is 0 Å². The maximum Gasteiger partial charge on any atom is 0.251 e. The number of carbonyl (C=O) groups excluding carboxylic acids is 1. The van der Waals surface area contributed by atoms with E-state index in [9.17, 15) is 4.79 Å². The molecule has 0 radical (unpaired) electrons. The number of hydrogen-bond donors (Lipinski definition) is 2. The van der Waals surface area contributed by atoms with E-state index in [0.29, 0.717) is 24.7 Å². The summed E-state index contributed by atoms with van der Waals surface area (Å²) in [6.45, 7) is 4.11. The molecule has 0 bridgehead atoms. The number of carbonyl (C=O) groups is 1. The van der Waals surface area contributed by atoms with Gasteiger partial charge in [0.2, 0.25) is 0 Å². The van der Waals surface area contributed by atoms with Gasteiger partial charge in [-0.25, -0.2) is 0 Å². The number of likely N-dealkylation sites (tertiary alicyclic amines) is 1. The molecular weight excluding hydrogens is 262 g/mol. The Morgan fingerprint density at radius 3 is 2.95 bits per heavy atom. The van der Waals surface area contributed by atoms with Crippen molar-refractivity contribution in [2.24, 2.45) is 5.73 Å². The Labute approximate surface area is 126 Å². The minimum atomic E-state index is -0.0326. The van der Waals surface area contributed by atoms with Gasteiger partial charge in [-0.05, 0) is 57.1 Å². The SMILES string of the molecule is Cc1cc(C#CCN)cc(C(=O)NCC2CCCN2C)c1. The first-order chi connectivity index (χ1) is 10.1.